The summed E-state index contributed by atoms with van der Waals surface area (Å²) in [7, 11) is 2.97. The van der Waals surface area contributed by atoms with Crippen molar-refractivity contribution in [2.45, 2.75) is 32.3 Å². The Morgan fingerprint density at radius 1 is 1.28 bits per heavy atom. The van der Waals surface area contributed by atoms with Crippen LogP contribution in [0, 0.1) is 5.92 Å². The lowest BCUT2D eigenvalue weighted by molar-refractivity contribution is -0.146. The van der Waals surface area contributed by atoms with E-state index in [1.165, 1.54) is 7.11 Å². The zero-order valence-corrected chi connectivity index (χ0v) is 15.2. The van der Waals surface area contributed by atoms with E-state index in [1.54, 1.807) is 18.9 Å². The first kappa shape index (κ1) is 19.2. The smallest absolute Gasteiger partial charge is 0.310 e. The third-order valence-electron chi connectivity index (χ3n) is 4.41. The number of ether oxygens (including phenoxy) is 3. The molecule has 0 aliphatic carbocycles. The number of hydrogen-bond acceptors (Lipinski definition) is 5. The van der Waals surface area contributed by atoms with Gasteiger partial charge in [0, 0.05) is 19.7 Å². The molecule has 0 saturated carbocycles. The molecule has 1 saturated heterocycles. The first-order valence-electron chi connectivity index (χ1n) is 8.63. The van der Waals surface area contributed by atoms with Crippen molar-refractivity contribution in [2.75, 3.05) is 33.9 Å². The molecule has 6 nitrogen and oxygen atoms in total. The van der Waals surface area contributed by atoms with Gasteiger partial charge in [0.05, 0.1) is 32.7 Å². The summed E-state index contributed by atoms with van der Waals surface area (Å²) in [5.41, 5.74) is 0.911. The van der Waals surface area contributed by atoms with Gasteiger partial charge in [-0.3, -0.25) is 9.59 Å². The second-order valence-electron chi connectivity index (χ2n) is 6.38. The van der Waals surface area contributed by atoms with E-state index >= 15 is 0 Å². The fourth-order valence-electron chi connectivity index (χ4n) is 2.95. The van der Waals surface area contributed by atoms with Crippen LogP contribution in [0.5, 0.6) is 5.75 Å². The molecule has 0 radical (unpaired) electrons. The zero-order valence-electron chi connectivity index (χ0n) is 15.2. The Balaban J connectivity index is 2.02. The molecule has 2 atom stereocenters. The molecule has 1 fully saturated rings. The van der Waals surface area contributed by atoms with Crippen molar-refractivity contribution < 1.29 is 23.8 Å². The number of nitrogens with zero attached hydrogens (tertiary/aromatic N) is 1. The topological polar surface area (TPSA) is 65.1 Å². The molecule has 1 aliphatic rings. The van der Waals surface area contributed by atoms with E-state index in [1.807, 2.05) is 24.3 Å². The van der Waals surface area contributed by atoms with Gasteiger partial charge in [0.2, 0.25) is 5.91 Å². The number of carbonyl (C=O) groups excluding carboxylic acids is 2. The van der Waals surface area contributed by atoms with Gasteiger partial charge in [-0.1, -0.05) is 19.1 Å². The summed E-state index contributed by atoms with van der Waals surface area (Å²) in [4.78, 5) is 26.2. The molecule has 0 bridgehead atoms. The van der Waals surface area contributed by atoms with Crippen LogP contribution in [0.4, 0.5) is 0 Å². The summed E-state index contributed by atoms with van der Waals surface area (Å²) in [5, 5.41) is 0. The maximum Gasteiger partial charge on any atom is 0.310 e. The highest BCUT2D eigenvalue weighted by molar-refractivity contribution is 5.80. The predicted molar refractivity (Wildman–Crippen MR) is 93.4 cm³/mol. The van der Waals surface area contributed by atoms with Crippen LogP contribution in [0.25, 0.3) is 0 Å². The minimum absolute atomic E-state index is 0.0172. The van der Waals surface area contributed by atoms with E-state index in [4.69, 9.17) is 14.2 Å². The number of amides is 1. The van der Waals surface area contributed by atoms with Gasteiger partial charge < -0.3 is 19.1 Å². The van der Waals surface area contributed by atoms with Crippen LogP contribution < -0.4 is 4.74 Å². The molecular weight excluding hydrogens is 322 g/mol. The summed E-state index contributed by atoms with van der Waals surface area (Å²) in [5.74, 6) is 0.0592. The van der Waals surface area contributed by atoms with E-state index in [9.17, 15) is 9.59 Å². The van der Waals surface area contributed by atoms with Crippen LogP contribution in [-0.4, -0.2) is 56.8 Å². The number of methoxy groups -OCH3 is 2. The van der Waals surface area contributed by atoms with Crippen molar-refractivity contribution in [1.82, 2.24) is 4.90 Å². The van der Waals surface area contributed by atoms with E-state index in [2.05, 4.69) is 0 Å². The fourth-order valence-corrected chi connectivity index (χ4v) is 2.95. The van der Waals surface area contributed by atoms with Crippen molar-refractivity contribution in [3.8, 4) is 5.75 Å². The Morgan fingerprint density at radius 2 is 2.00 bits per heavy atom. The maximum absolute atomic E-state index is 12.8. The van der Waals surface area contributed by atoms with Crippen molar-refractivity contribution in [3.05, 3.63) is 29.8 Å². The van der Waals surface area contributed by atoms with Gasteiger partial charge in [0.25, 0.3) is 0 Å². The number of esters is 1. The summed E-state index contributed by atoms with van der Waals surface area (Å²) >= 11 is 0. The molecule has 0 spiro atoms. The quantitative estimate of drug-likeness (QED) is 0.672. The van der Waals surface area contributed by atoms with Crippen molar-refractivity contribution in [2.24, 2.45) is 5.92 Å². The normalized spacial score (nSPS) is 17.8. The third kappa shape index (κ3) is 5.74. The van der Waals surface area contributed by atoms with Crippen LogP contribution in [0.15, 0.2) is 24.3 Å². The van der Waals surface area contributed by atoms with Crippen LogP contribution >= 0.6 is 0 Å². The first-order valence-corrected chi connectivity index (χ1v) is 8.63. The van der Waals surface area contributed by atoms with Gasteiger partial charge in [0.15, 0.2) is 0 Å². The summed E-state index contributed by atoms with van der Waals surface area (Å²) in [6.45, 7) is 3.35. The maximum atomic E-state index is 12.8. The molecule has 1 heterocycles. The van der Waals surface area contributed by atoms with Crippen molar-refractivity contribution in [3.63, 3.8) is 0 Å². The molecule has 1 aromatic carbocycles. The molecule has 2 rings (SSSR count). The second kappa shape index (κ2) is 9.42. The summed E-state index contributed by atoms with van der Waals surface area (Å²) < 4.78 is 15.6. The number of carbonyl (C=O) groups is 2. The lowest BCUT2D eigenvalue weighted by Gasteiger charge is -2.27. The molecule has 2 unspecified atom stereocenters. The van der Waals surface area contributed by atoms with Crippen LogP contribution in [-0.2, 0) is 25.5 Å². The van der Waals surface area contributed by atoms with Gasteiger partial charge in [-0.15, -0.1) is 0 Å². The standard InChI is InChI=1S/C19H27NO5/c1-14(19(22)24-3)12-20(13-17-5-4-10-25-17)18(21)11-15-6-8-16(23-2)9-7-15/h6-9,14,17H,4-5,10-13H2,1-3H3. The number of benzene rings is 1. The highest BCUT2D eigenvalue weighted by Gasteiger charge is 2.26. The Morgan fingerprint density at radius 3 is 2.56 bits per heavy atom. The molecule has 138 valence electrons. The lowest BCUT2D eigenvalue weighted by Crippen LogP contribution is -2.42. The van der Waals surface area contributed by atoms with E-state index < -0.39 is 0 Å². The average Bonchev–Trinajstić information content (AvgIpc) is 3.14. The second-order valence-corrected chi connectivity index (χ2v) is 6.38. The average molecular weight is 349 g/mol. The number of hydrogen-bond donors (Lipinski definition) is 0. The third-order valence-corrected chi connectivity index (χ3v) is 4.41. The highest BCUT2D eigenvalue weighted by Crippen LogP contribution is 2.17. The Kier molecular flexibility index (Phi) is 7.25. The predicted octanol–water partition coefficient (Wildman–Crippen LogP) is 2.05. The van der Waals surface area contributed by atoms with Gasteiger partial charge in [-0.25, -0.2) is 0 Å². The minimum Gasteiger partial charge on any atom is -0.497 e. The Bertz CT molecular complexity index is 566. The minimum atomic E-state index is -0.369. The molecule has 1 amide bonds. The summed E-state index contributed by atoms with van der Waals surface area (Å²) in [6.07, 6.45) is 2.28. The lowest BCUT2D eigenvalue weighted by atomic mass is 10.1. The molecular formula is C19H27NO5. The molecule has 1 aromatic rings. The Labute approximate surface area is 149 Å². The van der Waals surface area contributed by atoms with Gasteiger partial charge in [0.1, 0.15) is 5.75 Å². The SMILES string of the molecule is COC(=O)C(C)CN(CC1CCCO1)C(=O)Cc1ccc(OC)cc1. The molecule has 1 aliphatic heterocycles. The molecule has 0 N–H and O–H groups in total. The van der Waals surface area contributed by atoms with E-state index in [0.29, 0.717) is 13.1 Å². The van der Waals surface area contributed by atoms with Crippen LogP contribution in [0.1, 0.15) is 25.3 Å². The monoisotopic (exact) mass is 349 g/mol. The Hall–Kier alpha value is -2.08. The van der Waals surface area contributed by atoms with Crippen molar-refractivity contribution in [1.29, 1.82) is 0 Å². The zero-order chi connectivity index (χ0) is 18.2. The fraction of sp³-hybridized carbons (Fsp3) is 0.579. The number of rotatable bonds is 8. The van der Waals surface area contributed by atoms with Crippen molar-refractivity contribution >= 4 is 11.9 Å². The molecule has 6 heteroatoms. The van der Waals surface area contributed by atoms with Gasteiger partial charge in [-0.05, 0) is 30.5 Å². The largest absolute Gasteiger partial charge is 0.497 e. The van der Waals surface area contributed by atoms with Crippen LogP contribution in [0.3, 0.4) is 0 Å². The first-order chi connectivity index (χ1) is 12.0. The molecule has 25 heavy (non-hydrogen) atoms. The van der Waals surface area contributed by atoms with Gasteiger partial charge >= 0.3 is 5.97 Å². The van der Waals surface area contributed by atoms with Crippen LogP contribution in [0.2, 0.25) is 0 Å². The highest BCUT2D eigenvalue weighted by atomic mass is 16.5. The summed E-state index contributed by atoms with van der Waals surface area (Å²) in [6, 6.07) is 7.43. The van der Waals surface area contributed by atoms with E-state index in [0.717, 1.165) is 30.8 Å². The van der Waals surface area contributed by atoms with Gasteiger partial charge in [-0.2, -0.15) is 0 Å². The molecule has 0 aromatic heterocycles. The van der Waals surface area contributed by atoms with E-state index in [-0.39, 0.29) is 30.3 Å².